The molecule has 5 nitrogen and oxygen atoms in total. The van der Waals surface area contributed by atoms with E-state index in [1.807, 2.05) is 0 Å². The number of benzene rings is 6. The van der Waals surface area contributed by atoms with Crippen molar-refractivity contribution in [2.45, 2.75) is 122 Å². The minimum Gasteiger partial charge on any atom is -0.457 e. The number of rotatable bonds is 7. The van der Waals surface area contributed by atoms with E-state index in [9.17, 15) is 0 Å². The van der Waals surface area contributed by atoms with Crippen LogP contribution in [0.2, 0.25) is 0 Å². The van der Waals surface area contributed by atoms with Crippen molar-refractivity contribution in [2.24, 2.45) is 17.8 Å². The summed E-state index contributed by atoms with van der Waals surface area (Å²) in [7, 11) is 0. The van der Waals surface area contributed by atoms with Crippen LogP contribution in [0.5, 0.6) is 11.5 Å². The Balaban J connectivity index is 0.904. The molecule has 0 amide bonds. The number of ether oxygens (including phenoxy) is 1. The third-order valence-corrected chi connectivity index (χ3v) is 17.6. The van der Waals surface area contributed by atoms with Gasteiger partial charge in [-0.15, -0.1) is 0 Å². The van der Waals surface area contributed by atoms with Crippen LogP contribution >= 0.6 is 0 Å². The zero-order chi connectivity index (χ0) is 48.2. The average molecular weight is 922 g/mol. The molecule has 70 heavy (non-hydrogen) atoms. The summed E-state index contributed by atoms with van der Waals surface area (Å²) < 4.78 is 10.7. The van der Waals surface area contributed by atoms with Crippen LogP contribution in [0.4, 0.5) is 22.7 Å². The summed E-state index contributed by atoms with van der Waals surface area (Å²) in [6.07, 6.45) is 10.4. The molecule has 4 aliphatic carbocycles. The first-order valence-corrected chi connectivity index (χ1v) is 26.2. The highest BCUT2D eigenvalue weighted by molar-refractivity contribution is 6.09. The molecule has 6 aromatic carbocycles. The molecule has 2 atom stereocenters. The predicted molar refractivity (Wildman–Crippen MR) is 291 cm³/mol. The molecule has 15 rings (SSSR count). The fourth-order valence-electron chi connectivity index (χ4n) is 14.4. The van der Waals surface area contributed by atoms with Gasteiger partial charge >= 0.3 is 0 Å². The number of para-hydroxylation sites is 2. The summed E-state index contributed by atoms with van der Waals surface area (Å²) in [6.45, 7) is 24.5. The lowest BCUT2D eigenvalue weighted by molar-refractivity contribution is -0.00522. The van der Waals surface area contributed by atoms with Crippen LogP contribution < -0.4 is 13.7 Å². The van der Waals surface area contributed by atoms with Crippen molar-refractivity contribution in [3.8, 4) is 28.4 Å². The van der Waals surface area contributed by atoms with Crippen LogP contribution in [0.15, 0.2) is 146 Å². The van der Waals surface area contributed by atoms with Gasteiger partial charge in [-0.25, -0.2) is 4.98 Å². The Morgan fingerprint density at radius 3 is 1.90 bits per heavy atom. The molecule has 0 radical (unpaired) electrons. The van der Waals surface area contributed by atoms with Gasteiger partial charge in [0.05, 0.1) is 17.7 Å². The number of fused-ring (bicyclic) bond motifs is 3. The Labute approximate surface area is 416 Å². The highest BCUT2D eigenvalue weighted by Gasteiger charge is 2.64. The smallest absolute Gasteiger partial charge is 0.188 e. The van der Waals surface area contributed by atoms with Gasteiger partial charge < -0.3 is 4.74 Å². The van der Waals surface area contributed by atoms with E-state index in [1.54, 1.807) is 0 Å². The monoisotopic (exact) mass is 922 g/mol. The number of quaternary nitrogens is 2. The molecule has 5 fully saturated rings. The molecular formula is C65H69N4O+. The van der Waals surface area contributed by atoms with Gasteiger partial charge in [-0.1, -0.05) is 123 Å². The fourth-order valence-corrected chi connectivity index (χ4v) is 14.4. The third-order valence-electron chi connectivity index (χ3n) is 17.6. The van der Waals surface area contributed by atoms with Crippen molar-refractivity contribution in [1.29, 1.82) is 0 Å². The zero-order valence-electron chi connectivity index (χ0n) is 42.8. The quantitative estimate of drug-likeness (QED) is 0.118. The van der Waals surface area contributed by atoms with E-state index >= 15 is 0 Å². The summed E-state index contributed by atoms with van der Waals surface area (Å²) in [4.78, 5) is 5.13. The zero-order valence-corrected chi connectivity index (χ0v) is 42.8. The Kier molecular flexibility index (Phi) is 9.43. The van der Waals surface area contributed by atoms with Crippen LogP contribution in [0.25, 0.3) is 38.8 Å². The van der Waals surface area contributed by atoms with Gasteiger partial charge in [0.2, 0.25) is 0 Å². The topological polar surface area (TPSA) is 27.1 Å². The van der Waals surface area contributed by atoms with Gasteiger partial charge in [-0.3, -0.25) is 13.5 Å². The maximum Gasteiger partial charge on any atom is 0.188 e. The minimum absolute atomic E-state index is 0.00801. The molecule has 8 aromatic rings. The van der Waals surface area contributed by atoms with Gasteiger partial charge in [0.15, 0.2) is 18.0 Å². The van der Waals surface area contributed by atoms with Crippen molar-refractivity contribution >= 4 is 44.6 Å². The Morgan fingerprint density at radius 2 is 1.20 bits per heavy atom. The van der Waals surface area contributed by atoms with Crippen LogP contribution in [0.1, 0.15) is 123 Å². The molecule has 0 unspecified atom stereocenters. The van der Waals surface area contributed by atoms with Gasteiger partial charge in [-0.2, -0.15) is 0 Å². The second kappa shape index (κ2) is 15.0. The molecule has 7 aliphatic rings. The molecule has 354 valence electrons. The largest absolute Gasteiger partial charge is 0.457 e. The molecule has 5 heterocycles. The van der Waals surface area contributed by atoms with E-state index in [0.717, 1.165) is 47.3 Å². The first-order valence-electron chi connectivity index (χ1n) is 26.2. The van der Waals surface area contributed by atoms with Crippen molar-refractivity contribution in [3.05, 3.63) is 175 Å². The van der Waals surface area contributed by atoms with E-state index in [2.05, 4.69) is 219 Å². The molecule has 0 spiro atoms. The van der Waals surface area contributed by atoms with Crippen molar-refractivity contribution in [1.82, 2.24) is 18.5 Å². The van der Waals surface area contributed by atoms with Gasteiger partial charge in [0, 0.05) is 52.9 Å². The molecule has 5 heteroatoms. The number of hydrogen-bond donors (Lipinski definition) is 0. The van der Waals surface area contributed by atoms with Gasteiger partial charge in [-0.05, 0) is 154 Å². The molecule has 2 aromatic heterocycles. The average Bonchev–Trinajstić information content (AvgIpc) is 3.92. The number of aromatic nitrogens is 2. The SMILES string of the molecule is CC(C)(C)c1cccc(-c2cccc3c2[N@@+]2(c4cc(C(C)(C)C)cc(C(C)(C)C)c4)[CH-][N@+]3(c3cccc(Oc4ccc5c6ccccc6n(-c6cc(C78CC9CC(CC(C9)C7)C8)ccn6)c5c4)c3)C2)c1. The molecular weight excluding hydrogens is 853 g/mol. The fraction of sp³-hybridized carbons (Fsp3) is 0.354. The van der Waals surface area contributed by atoms with E-state index in [1.165, 1.54) is 111 Å². The minimum atomic E-state index is -0.00801. The third kappa shape index (κ3) is 6.74. The Morgan fingerprint density at radius 1 is 0.557 bits per heavy atom. The highest BCUT2D eigenvalue weighted by Crippen LogP contribution is 2.68. The molecule has 6 bridgehead atoms. The first-order chi connectivity index (χ1) is 33.4. The summed E-state index contributed by atoms with van der Waals surface area (Å²) >= 11 is 0. The molecule has 0 N–H and O–H groups in total. The van der Waals surface area contributed by atoms with Gasteiger partial charge in [0.25, 0.3) is 0 Å². The molecule has 3 aliphatic heterocycles. The molecule has 4 saturated carbocycles. The number of nitrogens with zero attached hydrogens (tertiary/aromatic N) is 4. The molecule has 1 saturated heterocycles. The van der Waals surface area contributed by atoms with Crippen molar-refractivity contribution in [3.63, 3.8) is 0 Å². The predicted octanol–water partition coefficient (Wildman–Crippen LogP) is 17.4. The Hall–Kier alpha value is -6.01. The van der Waals surface area contributed by atoms with Crippen molar-refractivity contribution in [2.75, 3.05) is 6.67 Å². The lowest BCUT2D eigenvalue weighted by Crippen LogP contribution is -2.67. The van der Waals surface area contributed by atoms with Crippen LogP contribution in [0.3, 0.4) is 0 Å². The lowest BCUT2D eigenvalue weighted by atomic mass is 9.48. The lowest BCUT2D eigenvalue weighted by Gasteiger charge is -2.57. The van der Waals surface area contributed by atoms with Crippen LogP contribution in [-0.2, 0) is 21.7 Å². The second-order valence-electron chi connectivity index (χ2n) is 25.5. The van der Waals surface area contributed by atoms with Crippen molar-refractivity contribution < 1.29 is 4.74 Å². The standard InChI is InChI=1S/C65H69N4O/c1-62(2,3)46-16-12-15-45(30-46)54-20-14-22-59-61(54)69(51-32-48(63(4,5)6)31-49(33-51)64(7,8)9)40-68(59,41-69)50-17-13-18-52(35-50)70-53-23-24-56-55-19-10-11-21-57(55)67(58(56)36-53)60-34-47(25-26-66-60)65-37-42-27-43(38-65)29-44(28-42)39-65/h10-26,30-36,40,42-44H,27-29,37-39,41H2,1-9H3/q+1/t42?,43?,44?,65?,68-,69+/m1/s1. The summed E-state index contributed by atoms with van der Waals surface area (Å²) in [5.74, 6) is 5.33. The summed E-state index contributed by atoms with van der Waals surface area (Å²) in [6, 6.07) is 52.8. The van der Waals surface area contributed by atoms with Gasteiger partial charge in [0.1, 0.15) is 28.7 Å². The van der Waals surface area contributed by atoms with Crippen LogP contribution in [0, 0.1) is 24.4 Å². The Bertz CT molecular complexity index is 3350. The van der Waals surface area contributed by atoms with E-state index in [4.69, 9.17) is 9.72 Å². The highest BCUT2D eigenvalue weighted by atomic mass is 16.5. The normalized spacial score (nSPS) is 25.6. The maximum absolute atomic E-state index is 7.00. The van der Waals surface area contributed by atoms with E-state index < -0.39 is 0 Å². The first kappa shape index (κ1) is 44.0. The van der Waals surface area contributed by atoms with Crippen LogP contribution in [-0.4, -0.2) is 16.2 Å². The number of pyridine rings is 1. The van der Waals surface area contributed by atoms with E-state index in [-0.39, 0.29) is 16.2 Å². The number of hydrogen-bond acceptors (Lipinski definition) is 2. The second-order valence-corrected chi connectivity index (χ2v) is 25.5. The van der Waals surface area contributed by atoms with E-state index in [0.29, 0.717) is 14.4 Å². The summed E-state index contributed by atoms with van der Waals surface area (Å²) in [5, 5.41) is 2.45. The maximum atomic E-state index is 7.00. The summed E-state index contributed by atoms with van der Waals surface area (Å²) in [5.41, 5.74) is 16.0.